The lowest BCUT2D eigenvalue weighted by Gasteiger charge is -2.09. The van der Waals surface area contributed by atoms with Gasteiger partial charge in [0.2, 0.25) is 5.91 Å². The van der Waals surface area contributed by atoms with Gasteiger partial charge in [-0.2, -0.15) is 0 Å². The van der Waals surface area contributed by atoms with Gasteiger partial charge in [-0.25, -0.2) is 0 Å². The molecule has 0 fully saturated rings. The van der Waals surface area contributed by atoms with Crippen LogP contribution < -0.4 is 15.4 Å². The van der Waals surface area contributed by atoms with E-state index in [0.717, 1.165) is 22.6 Å². The Morgan fingerprint density at radius 1 is 0.857 bits per heavy atom. The second-order valence-corrected chi connectivity index (χ2v) is 6.33. The molecule has 2 amide bonds. The lowest BCUT2D eigenvalue weighted by molar-refractivity contribution is -0.120. The van der Waals surface area contributed by atoms with Crippen LogP contribution in [0, 0.1) is 0 Å². The molecule has 0 aromatic heterocycles. The Bertz CT molecular complexity index is 955. The summed E-state index contributed by atoms with van der Waals surface area (Å²) in [6, 6.07) is 23.9. The first-order valence-electron chi connectivity index (χ1n) is 8.99. The molecule has 0 saturated heterocycles. The maximum Gasteiger partial charge on any atom is 0.255 e. The van der Waals surface area contributed by atoms with Gasteiger partial charge in [-0.05, 0) is 47.5 Å². The zero-order chi connectivity index (χ0) is 19.8. The molecule has 0 aliphatic rings. The van der Waals surface area contributed by atoms with E-state index in [1.165, 1.54) is 0 Å². The second-order valence-electron chi connectivity index (χ2n) is 6.33. The minimum atomic E-state index is -0.184. The first-order valence-corrected chi connectivity index (χ1v) is 8.99. The average Bonchev–Trinajstić information content (AvgIpc) is 2.73. The molecular weight excluding hydrogens is 352 g/mol. The number of ether oxygens (including phenoxy) is 1. The number of hydrogen-bond acceptors (Lipinski definition) is 3. The van der Waals surface area contributed by atoms with Crippen molar-refractivity contribution in [2.24, 2.45) is 0 Å². The Morgan fingerprint density at radius 2 is 1.61 bits per heavy atom. The molecule has 3 rings (SSSR count). The maximum absolute atomic E-state index is 12.4. The van der Waals surface area contributed by atoms with Crippen LogP contribution in [0.1, 0.15) is 21.5 Å². The van der Waals surface area contributed by atoms with Crippen LogP contribution in [-0.4, -0.2) is 18.9 Å². The highest BCUT2D eigenvalue weighted by Gasteiger charge is 2.08. The Morgan fingerprint density at radius 3 is 2.39 bits per heavy atom. The standard InChI is InChI=1S/C23H22N2O3/c1-28-21-12-6-7-17(14-21)15-22(26)24-16-18-8-5-9-19(13-18)23(27)25-20-10-3-2-4-11-20/h2-14H,15-16H2,1H3,(H,24,26)(H,25,27). The third kappa shape index (κ3) is 5.45. The van der Waals surface area contributed by atoms with Crippen molar-refractivity contribution in [2.75, 3.05) is 12.4 Å². The molecule has 5 heteroatoms. The monoisotopic (exact) mass is 374 g/mol. The van der Waals surface area contributed by atoms with Crippen molar-refractivity contribution in [1.29, 1.82) is 0 Å². The van der Waals surface area contributed by atoms with E-state index in [2.05, 4.69) is 10.6 Å². The molecule has 0 unspecified atom stereocenters. The summed E-state index contributed by atoms with van der Waals surface area (Å²) in [7, 11) is 1.60. The number of methoxy groups -OCH3 is 1. The average molecular weight is 374 g/mol. The molecule has 0 bridgehead atoms. The second kappa shape index (κ2) is 9.37. The first kappa shape index (κ1) is 19.2. The lowest BCUT2D eigenvalue weighted by Crippen LogP contribution is -2.24. The number of carbonyl (C=O) groups excluding carboxylic acids is 2. The van der Waals surface area contributed by atoms with E-state index in [0.29, 0.717) is 12.1 Å². The molecule has 3 aromatic rings. The van der Waals surface area contributed by atoms with Crippen LogP contribution in [0.15, 0.2) is 78.9 Å². The highest BCUT2D eigenvalue weighted by molar-refractivity contribution is 6.04. The largest absolute Gasteiger partial charge is 0.497 e. The summed E-state index contributed by atoms with van der Waals surface area (Å²) < 4.78 is 5.17. The molecule has 142 valence electrons. The van der Waals surface area contributed by atoms with Gasteiger partial charge >= 0.3 is 0 Å². The highest BCUT2D eigenvalue weighted by atomic mass is 16.5. The minimum Gasteiger partial charge on any atom is -0.497 e. The van der Waals surface area contributed by atoms with Gasteiger partial charge in [0.05, 0.1) is 13.5 Å². The summed E-state index contributed by atoms with van der Waals surface area (Å²) in [6.45, 7) is 0.356. The van der Waals surface area contributed by atoms with Gasteiger partial charge in [-0.15, -0.1) is 0 Å². The van der Waals surface area contributed by atoms with Gasteiger partial charge < -0.3 is 15.4 Å². The van der Waals surface area contributed by atoms with Crippen LogP contribution in [-0.2, 0) is 17.8 Å². The molecule has 0 aliphatic carbocycles. The van der Waals surface area contributed by atoms with Gasteiger partial charge in [-0.1, -0.05) is 42.5 Å². The fraction of sp³-hybridized carbons (Fsp3) is 0.130. The third-order valence-electron chi connectivity index (χ3n) is 4.21. The number of para-hydroxylation sites is 1. The van der Waals surface area contributed by atoms with Crippen LogP contribution in [0.3, 0.4) is 0 Å². The zero-order valence-electron chi connectivity index (χ0n) is 15.6. The van der Waals surface area contributed by atoms with Gasteiger partial charge in [0, 0.05) is 17.8 Å². The zero-order valence-corrected chi connectivity index (χ0v) is 15.6. The molecule has 3 aromatic carbocycles. The fourth-order valence-electron chi connectivity index (χ4n) is 2.78. The Hall–Kier alpha value is -3.60. The van der Waals surface area contributed by atoms with E-state index < -0.39 is 0 Å². The molecule has 0 spiro atoms. The van der Waals surface area contributed by atoms with Crippen LogP contribution in [0.2, 0.25) is 0 Å². The molecule has 28 heavy (non-hydrogen) atoms. The van der Waals surface area contributed by atoms with Crippen molar-refractivity contribution >= 4 is 17.5 Å². The van der Waals surface area contributed by atoms with Crippen molar-refractivity contribution in [3.05, 3.63) is 95.6 Å². The molecule has 0 atom stereocenters. The topological polar surface area (TPSA) is 67.4 Å². The molecule has 0 radical (unpaired) electrons. The summed E-state index contributed by atoms with van der Waals surface area (Å²) in [5, 5.41) is 5.74. The van der Waals surface area contributed by atoms with Crippen LogP contribution in [0.4, 0.5) is 5.69 Å². The van der Waals surface area contributed by atoms with Crippen LogP contribution >= 0.6 is 0 Å². The van der Waals surface area contributed by atoms with E-state index in [4.69, 9.17) is 4.74 Å². The summed E-state index contributed by atoms with van der Waals surface area (Å²) in [4.78, 5) is 24.6. The quantitative estimate of drug-likeness (QED) is 0.661. The SMILES string of the molecule is COc1cccc(CC(=O)NCc2cccc(C(=O)Nc3ccccc3)c2)c1. The van der Waals surface area contributed by atoms with Gasteiger partial charge in [0.15, 0.2) is 0 Å². The van der Waals surface area contributed by atoms with Crippen molar-refractivity contribution < 1.29 is 14.3 Å². The lowest BCUT2D eigenvalue weighted by atomic mass is 10.1. The maximum atomic E-state index is 12.4. The van der Waals surface area contributed by atoms with E-state index in [9.17, 15) is 9.59 Å². The summed E-state index contributed by atoms with van der Waals surface area (Å²) in [6.07, 6.45) is 0.269. The van der Waals surface area contributed by atoms with Gasteiger partial charge in [0.25, 0.3) is 5.91 Å². The number of hydrogen-bond donors (Lipinski definition) is 2. The summed E-state index contributed by atoms with van der Waals surface area (Å²) in [5.41, 5.74) is 3.03. The Labute approximate surface area is 164 Å². The van der Waals surface area contributed by atoms with Crippen molar-refractivity contribution in [1.82, 2.24) is 5.32 Å². The minimum absolute atomic E-state index is 0.0904. The molecule has 2 N–H and O–H groups in total. The van der Waals surface area contributed by atoms with Crippen molar-refractivity contribution in [2.45, 2.75) is 13.0 Å². The molecular formula is C23H22N2O3. The summed E-state index contributed by atoms with van der Waals surface area (Å²) >= 11 is 0. The molecule has 5 nitrogen and oxygen atoms in total. The predicted molar refractivity (Wildman–Crippen MR) is 109 cm³/mol. The predicted octanol–water partition coefficient (Wildman–Crippen LogP) is 3.81. The van der Waals surface area contributed by atoms with Crippen LogP contribution in [0.25, 0.3) is 0 Å². The van der Waals surface area contributed by atoms with E-state index in [1.54, 1.807) is 19.2 Å². The number of nitrogens with one attached hydrogen (secondary N) is 2. The van der Waals surface area contributed by atoms with E-state index >= 15 is 0 Å². The smallest absolute Gasteiger partial charge is 0.255 e. The van der Waals surface area contributed by atoms with Crippen molar-refractivity contribution in [3.63, 3.8) is 0 Å². The summed E-state index contributed by atoms with van der Waals surface area (Å²) in [5.74, 6) is 0.450. The van der Waals surface area contributed by atoms with Crippen LogP contribution in [0.5, 0.6) is 5.75 Å². The fourth-order valence-corrected chi connectivity index (χ4v) is 2.78. The molecule has 0 heterocycles. The number of anilines is 1. The Balaban J connectivity index is 1.56. The number of carbonyl (C=O) groups is 2. The molecule has 0 saturated carbocycles. The highest BCUT2D eigenvalue weighted by Crippen LogP contribution is 2.13. The third-order valence-corrected chi connectivity index (χ3v) is 4.21. The number of benzene rings is 3. The first-order chi connectivity index (χ1) is 13.6. The van der Waals surface area contributed by atoms with Gasteiger partial charge in [-0.3, -0.25) is 9.59 Å². The van der Waals surface area contributed by atoms with E-state index in [1.807, 2.05) is 66.7 Å². The number of rotatable bonds is 7. The Kier molecular flexibility index (Phi) is 6.41. The van der Waals surface area contributed by atoms with E-state index in [-0.39, 0.29) is 18.2 Å². The molecule has 0 aliphatic heterocycles. The van der Waals surface area contributed by atoms with Crippen molar-refractivity contribution in [3.8, 4) is 5.75 Å². The number of amides is 2. The normalized spacial score (nSPS) is 10.2. The van der Waals surface area contributed by atoms with Gasteiger partial charge in [0.1, 0.15) is 5.75 Å².